The molecule has 0 aromatic rings. The van der Waals surface area contributed by atoms with Crippen molar-refractivity contribution in [2.75, 3.05) is 26.2 Å². The zero-order chi connectivity index (χ0) is 9.80. The molecule has 2 rings (SSSR count). The first-order valence-electron chi connectivity index (χ1n) is 5.50. The molecule has 14 heavy (non-hydrogen) atoms. The molecule has 4 heteroatoms. The molecular formula is C10H18N2O2. The van der Waals surface area contributed by atoms with Crippen LogP contribution in [-0.2, 0) is 9.63 Å². The minimum Gasteiger partial charge on any atom is -0.301 e. The molecule has 1 saturated carbocycles. The van der Waals surface area contributed by atoms with Crippen molar-refractivity contribution in [2.24, 2.45) is 5.92 Å². The maximum Gasteiger partial charge on any atom is 0.246 e. The lowest BCUT2D eigenvalue weighted by atomic mass is 10.4. The molecule has 1 saturated heterocycles. The Balaban J connectivity index is 1.48. The second-order valence-corrected chi connectivity index (χ2v) is 4.14. The van der Waals surface area contributed by atoms with Gasteiger partial charge in [0.15, 0.2) is 0 Å². The van der Waals surface area contributed by atoms with Crippen LogP contribution in [0.15, 0.2) is 0 Å². The second-order valence-electron chi connectivity index (χ2n) is 4.14. The van der Waals surface area contributed by atoms with Gasteiger partial charge in [-0.05, 0) is 38.8 Å². The van der Waals surface area contributed by atoms with E-state index in [-0.39, 0.29) is 11.8 Å². The number of nitrogens with zero attached hydrogens (tertiary/aromatic N) is 1. The quantitative estimate of drug-likeness (QED) is 0.518. The van der Waals surface area contributed by atoms with E-state index in [4.69, 9.17) is 4.84 Å². The number of hydrogen-bond donors (Lipinski definition) is 1. The van der Waals surface area contributed by atoms with E-state index in [0.29, 0.717) is 6.61 Å². The van der Waals surface area contributed by atoms with Gasteiger partial charge in [0.2, 0.25) is 5.91 Å². The van der Waals surface area contributed by atoms with Crippen LogP contribution in [0.4, 0.5) is 0 Å². The molecule has 0 atom stereocenters. The number of amides is 1. The third-order valence-electron chi connectivity index (χ3n) is 2.83. The van der Waals surface area contributed by atoms with Crippen molar-refractivity contribution < 1.29 is 9.63 Å². The third-order valence-corrected chi connectivity index (χ3v) is 2.83. The van der Waals surface area contributed by atoms with Gasteiger partial charge in [-0.2, -0.15) is 0 Å². The van der Waals surface area contributed by atoms with Crippen LogP contribution in [0.25, 0.3) is 0 Å². The molecule has 1 amide bonds. The molecular weight excluding hydrogens is 180 g/mol. The first-order valence-corrected chi connectivity index (χ1v) is 5.50. The number of carbonyl (C=O) groups excluding carboxylic acids is 1. The highest BCUT2D eigenvalue weighted by Gasteiger charge is 2.29. The van der Waals surface area contributed by atoms with Crippen LogP contribution >= 0.6 is 0 Å². The van der Waals surface area contributed by atoms with Gasteiger partial charge in [-0.15, -0.1) is 0 Å². The molecule has 2 fully saturated rings. The molecule has 0 radical (unpaired) electrons. The summed E-state index contributed by atoms with van der Waals surface area (Å²) in [4.78, 5) is 18.6. The smallest absolute Gasteiger partial charge is 0.246 e. The number of likely N-dealkylation sites (tertiary alicyclic amines) is 1. The molecule has 0 aromatic heterocycles. The summed E-state index contributed by atoms with van der Waals surface area (Å²) in [5.41, 5.74) is 2.50. The van der Waals surface area contributed by atoms with Crippen molar-refractivity contribution in [1.82, 2.24) is 10.4 Å². The van der Waals surface area contributed by atoms with E-state index >= 15 is 0 Å². The Morgan fingerprint density at radius 3 is 2.71 bits per heavy atom. The van der Waals surface area contributed by atoms with E-state index in [1.165, 1.54) is 25.9 Å². The SMILES string of the molecule is O=C(NOCCN1CCCC1)C1CC1. The van der Waals surface area contributed by atoms with Crippen LogP contribution in [-0.4, -0.2) is 37.0 Å². The summed E-state index contributed by atoms with van der Waals surface area (Å²) in [6.45, 7) is 3.91. The third kappa shape index (κ3) is 2.96. The lowest BCUT2D eigenvalue weighted by molar-refractivity contribution is -0.135. The summed E-state index contributed by atoms with van der Waals surface area (Å²) >= 11 is 0. The number of nitrogens with one attached hydrogen (secondary N) is 1. The molecule has 1 aliphatic heterocycles. The Labute approximate surface area is 84.6 Å². The molecule has 1 N–H and O–H groups in total. The summed E-state index contributed by atoms with van der Waals surface area (Å²) in [6, 6.07) is 0. The number of rotatable bonds is 5. The lowest BCUT2D eigenvalue weighted by Crippen LogP contribution is -2.30. The second kappa shape index (κ2) is 4.75. The molecule has 2 aliphatic rings. The minimum absolute atomic E-state index is 0.0615. The topological polar surface area (TPSA) is 41.6 Å². The van der Waals surface area contributed by atoms with Gasteiger partial charge in [0.1, 0.15) is 0 Å². The fraction of sp³-hybridized carbons (Fsp3) is 0.900. The molecule has 80 valence electrons. The van der Waals surface area contributed by atoms with Crippen molar-refractivity contribution >= 4 is 5.91 Å². The highest BCUT2D eigenvalue weighted by atomic mass is 16.7. The molecule has 0 unspecified atom stereocenters. The maximum atomic E-state index is 11.2. The van der Waals surface area contributed by atoms with Crippen LogP contribution in [0.3, 0.4) is 0 Å². The predicted octanol–water partition coefficient (Wildman–Crippen LogP) is 0.540. The Hall–Kier alpha value is -0.610. The zero-order valence-corrected chi connectivity index (χ0v) is 8.50. The van der Waals surface area contributed by atoms with E-state index in [0.717, 1.165) is 19.4 Å². The van der Waals surface area contributed by atoms with Crippen LogP contribution in [0.1, 0.15) is 25.7 Å². The Kier molecular flexibility index (Phi) is 3.37. The van der Waals surface area contributed by atoms with E-state index in [1.807, 2.05) is 0 Å². The zero-order valence-electron chi connectivity index (χ0n) is 8.50. The number of hydrogen-bond acceptors (Lipinski definition) is 3. The highest BCUT2D eigenvalue weighted by molar-refractivity contribution is 5.79. The van der Waals surface area contributed by atoms with E-state index in [2.05, 4.69) is 10.4 Å². The first-order chi connectivity index (χ1) is 6.86. The predicted molar refractivity (Wildman–Crippen MR) is 52.5 cm³/mol. The van der Waals surface area contributed by atoms with Crippen molar-refractivity contribution in [2.45, 2.75) is 25.7 Å². The van der Waals surface area contributed by atoms with Gasteiger partial charge in [0, 0.05) is 12.5 Å². The molecule has 0 aromatic carbocycles. The van der Waals surface area contributed by atoms with Gasteiger partial charge < -0.3 is 4.90 Å². The Morgan fingerprint density at radius 1 is 1.36 bits per heavy atom. The van der Waals surface area contributed by atoms with Crippen LogP contribution in [0.2, 0.25) is 0 Å². The largest absolute Gasteiger partial charge is 0.301 e. The van der Waals surface area contributed by atoms with E-state index in [9.17, 15) is 4.79 Å². The van der Waals surface area contributed by atoms with Gasteiger partial charge in [-0.3, -0.25) is 9.63 Å². The molecule has 0 spiro atoms. The summed E-state index contributed by atoms with van der Waals surface area (Å²) in [5, 5.41) is 0. The van der Waals surface area contributed by atoms with Crippen LogP contribution in [0.5, 0.6) is 0 Å². The average molecular weight is 198 g/mol. The van der Waals surface area contributed by atoms with E-state index in [1.54, 1.807) is 0 Å². The first kappa shape index (κ1) is 9.93. The lowest BCUT2D eigenvalue weighted by Gasteiger charge is -2.13. The van der Waals surface area contributed by atoms with Gasteiger partial charge in [-0.25, -0.2) is 5.48 Å². The fourth-order valence-electron chi connectivity index (χ4n) is 1.73. The summed E-state index contributed by atoms with van der Waals surface area (Å²) in [6.07, 6.45) is 4.66. The van der Waals surface area contributed by atoms with E-state index < -0.39 is 0 Å². The molecule has 4 nitrogen and oxygen atoms in total. The van der Waals surface area contributed by atoms with Gasteiger partial charge in [0.05, 0.1) is 6.61 Å². The Morgan fingerprint density at radius 2 is 2.07 bits per heavy atom. The van der Waals surface area contributed by atoms with Crippen LogP contribution in [0, 0.1) is 5.92 Å². The minimum atomic E-state index is 0.0615. The molecule has 0 bridgehead atoms. The molecule has 1 heterocycles. The Bertz CT molecular complexity index is 198. The summed E-state index contributed by atoms with van der Waals surface area (Å²) < 4.78 is 0. The number of hydroxylamine groups is 1. The van der Waals surface area contributed by atoms with Crippen molar-refractivity contribution in [1.29, 1.82) is 0 Å². The molecule has 1 aliphatic carbocycles. The summed E-state index contributed by atoms with van der Waals surface area (Å²) in [5.74, 6) is 0.299. The highest BCUT2D eigenvalue weighted by Crippen LogP contribution is 2.28. The average Bonchev–Trinajstić information content (AvgIpc) is 2.92. The normalized spacial score (nSPS) is 22.6. The van der Waals surface area contributed by atoms with Crippen molar-refractivity contribution in [3.63, 3.8) is 0 Å². The van der Waals surface area contributed by atoms with Crippen molar-refractivity contribution in [3.8, 4) is 0 Å². The standard InChI is InChI=1S/C10H18N2O2/c13-10(9-3-4-9)11-14-8-7-12-5-1-2-6-12/h9H,1-8H2,(H,11,13). The van der Waals surface area contributed by atoms with Gasteiger partial charge in [-0.1, -0.05) is 0 Å². The van der Waals surface area contributed by atoms with Crippen molar-refractivity contribution in [3.05, 3.63) is 0 Å². The monoisotopic (exact) mass is 198 g/mol. The summed E-state index contributed by atoms with van der Waals surface area (Å²) in [7, 11) is 0. The fourth-order valence-corrected chi connectivity index (χ4v) is 1.73. The van der Waals surface area contributed by atoms with Gasteiger partial charge in [0.25, 0.3) is 0 Å². The maximum absolute atomic E-state index is 11.2. The van der Waals surface area contributed by atoms with Crippen LogP contribution < -0.4 is 5.48 Å². The van der Waals surface area contributed by atoms with Gasteiger partial charge >= 0.3 is 0 Å². The number of carbonyl (C=O) groups is 1.